The second-order valence-corrected chi connectivity index (χ2v) is 7.27. The minimum atomic E-state index is -2.79. The average Bonchev–Trinajstić information content (AvgIpc) is 2.88. The zero-order valence-corrected chi connectivity index (χ0v) is 13.6. The maximum absolute atomic E-state index is 12.9. The number of Topliss-reactive ketones (excluding diaryl/α,β-unsaturated/α-hetero) is 1. The van der Waals surface area contributed by atoms with Gasteiger partial charge in [-0.05, 0) is 37.9 Å². The van der Waals surface area contributed by atoms with Gasteiger partial charge in [0.05, 0.1) is 15.4 Å². The molecule has 0 aliphatic carbocycles. The fourth-order valence-electron chi connectivity index (χ4n) is 2.22. The molecule has 0 radical (unpaired) electrons. The predicted molar refractivity (Wildman–Crippen MR) is 91.3 cm³/mol. The molecular formula is C16H16N4O2S. The van der Waals surface area contributed by atoms with Gasteiger partial charge in [0.15, 0.2) is 11.4 Å². The summed E-state index contributed by atoms with van der Waals surface area (Å²) in [6.07, 6.45) is 1.62. The van der Waals surface area contributed by atoms with Crippen LogP contribution in [0.4, 0.5) is 5.82 Å². The molecule has 1 N–H and O–H groups in total. The van der Waals surface area contributed by atoms with Gasteiger partial charge in [0.1, 0.15) is 5.82 Å². The number of fused-ring (bicyclic) bond motifs is 1. The van der Waals surface area contributed by atoms with E-state index >= 15 is 0 Å². The van der Waals surface area contributed by atoms with E-state index < -0.39 is 9.71 Å². The van der Waals surface area contributed by atoms with Crippen molar-refractivity contribution in [3.05, 3.63) is 53.9 Å². The number of nitrogens with zero attached hydrogens (tertiary/aromatic N) is 3. The largest absolute Gasteiger partial charge is 0.295 e. The number of carbonyl (C=O) groups excluding carboxylic acids is 1. The van der Waals surface area contributed by atoms with E-state index in [1.807, 2.05) is 13.0 Å². The smallest absolute Gasteiger partial charge is 0.159 e. The topological polar surface area (TPSA) is 76.4 Å². The summed E-state index contributed by atoms with van der Waals surface area (Å²) in [5, 5.41) is 4.32. The Hall–Kier alpha value is -2.67. The van der Waals surface area contributed by atoms with E-state index in [-0.39, 0.29) is 5.78 Å². The number of aromatic nitrogens is 3. The molecule has 23 heavy (non-hydrogen) atoms. The van der Waals surface area contributed by atoms with Crippen molar-refractivity contribution < 1.29 is 9.00 Å². The van der Waals surface area contributed by atoms with E-state index in [0.717, 1.165) is 5.69 Å². The highest BCUT2D eigenvalue weighted by atomic mass is 32.2. The van der Waals surface area contributed by atoms with Crippen molar-refractivity contribution >= 4 is 32.8 Å². The van der Waals surface area contributed by atoms with E-state index in [0.29, 0.717) is 21.9 Å². The van der Waals surface area contributed by atoms with Crippen LogP contribution in [0.5, 0.6) is 0 Å². The molecule has 0 aliphatic heterocycles. The number of nitrogens with one attached hydrogen (secondary N) is 1. The molecular weight excluding hydrogens is 312 g/mol. The van der Waals surface area contributed by atoms with Crippen LogP contribution in [0, 0.1) is 6.92 Å². The number of rotatable bonds is 4. The third-order valence-corrected chi connectivity index (χ3v) is 4.96. The van der Waals surface area contributed by atoms with Gasteiger partial charge in [0.2, 0.25) is 0 Å². The van der Waals surface area contributed by atoms with Gasteiger partial charge < -0.3 is 0 Å². The maximum atomic E-state index is 12.9. The minimum absolute atomic E-state index is 0.0390. The first-order valence-electron chi connectivity index (χ1n) is 6.94. The van der Waals surface area contributed by atoms with Crippen LogP contribution < -0.4 is 4.72 Å². The molecule has 2 heterocycles. The molecule has 0 bridgehead atoms. The van der Waals surface area contributed by atoms with E-state index in [4.69, 9.17) is 0 Å². The average molecular weight is 328 g/mol. The van der Waals surface area contributed by atoms with Gasteiger partial charge in [-0.2, -0.15) is 9.61 Å². The highest BCUT2D eigenvalue weighted by molar-refractivity contribution is 8.01. The van der Waals surface area contributed by atoms with Gasteiger partial charge in [-0.1, -0.05) is 12.1 Å². The van der Waals surface area contributed by atoms with Crippen LogP contribution in [0.2, 0.25) is 0 Å². The van der Waals surface area contributed by atoms with Crippen LogP contribution in [0.1, 0.15) is 23.0 Å². The zero-order valence-electron chi connectivity index (χ0n) is 12.8. The second-order valence-electron chi connectivity index (χ2n) is 5.24. The summed E-state index contributed by atoms with van der Waals surface area (Å²) in [7, 11) is -2.79. The Morgan fingerprint density at radius 1 is 1.26 bits per heavy atom. The Morgan fingerprint density at radius 3 is 2.61 bits per heavy atom. The van der Waals surface area contributed by atoms with E-state index in [2.05, 4.69) is 20.7 Å². The fraction of sp³-hybridized carbons (Fsp3) is 0.125. The summed E-state index contributed by atoms with van der Waals surface area (Å²) in [6.45, 7) is 3.35. The molecule has 1 aromatic carbocycles. The van der Waals surface area contributed by atoms with Gasteiger partial charge in [-0.15, -0.1) is 0 Å². The molecule has 0 amide bonds. The van der Waals surface area contributed by atoms with Gasteiger partial charge in [0, 0.05) is 22.7 Å². The zero-order chi connectivity index (χ0) is 16.6. The lowest BCUT2D eigenvalue weighted by Crippen LogP contribution is -2.15. The molecule has 6 nitrogen and oxygen atoms in total. The van der Waals surface area contributed by atoms with E-state index in [1.54, 1.807) is 41.0 Å². The lowest BCUT2D eigenvalue weighted by Gasteiger charge is -2.13. The van der Waals surface area contributed by atoms with Gasteiger partial charge in [-0.25, -0.2) is 9.19 Å². The molecule has 1 atom stereocenters. The van der Waals surface area contributed by atoms with Crippen molar-refractivity contribution in [3.63, 3.8) is 0 Å². The highest BCUT2D eigenvalue weighted by Crippen LogP contribution is 2.17. The molecule has 3 rings (SSSR count). The number of ketones is 1. The summed E-state index contributed by atoms with van der Waals surface area (Å²) in [5.41, 5.74) is 2.04. The Morgan fingerprint density at radius 2 is 1.96 bits per heavy atom. The monoisotopic (exact) mass is 328 g/mol. The van der Waals surface area contributed by atoms with Gasteiger partial charge >= 0.3 is 0 Å². The Labute approximate surface area is 134 Å². The fourth-order valence-corrected chi connectivity index (χ4v) is 3.41. The van der Waals surface area contributed by atoms with Crippen molar-refractivity contribution in [2.24, 2.45) is 0 Å². The number of anilines is 1. The number of hydrogen-bond donors (Lipinski definition) is 1. The second kappa shape index (κ2) is 5.51. The van der Waals surface area contributed by atoms with Gasteiger partial charge in [-0.3, -0.25) is 9.52 Å². The molecule has 7 heteroatoms. The minimum Gasteiger partial charge on any atom is -0.295 e. The molecule has 0 aliphatic rings. The van der Waals surface area contributed by atoms with Crippen molar-refractivity contribution in [1.82, 2.24) is 14.6 Å². The molecule has 3 aromatic rings. The highest BCUT2D eigenvalue weighted by Gasteiger charge is 2.12. The molecule has 118 valence electrons. The normalized spacial score (nSPS) is 13.7. The maximum Gasteiger partial charge on any atom is 0.159 e. The summed E-state index contributed by atoms with van der Waals surface area (Å²) in [4.78, 5) is 16.0. The Balaban J connectivity index is 1.98. The Kier molecular flexibility index (Phi) is 3.65. The van der Waals surface area contributed by atoms with Crippen LogP contribution in [-0.2, 0) is 9.71 Å². The van der Waals surface area contributed by atoms with Crippen molar-refractivity contribution in [2.45, 2.75) is 18.7 Å². The number of carbonyl (C=O) groups is 1. The molecule has 0 fully saturated rings. The van der Waals surface area contributed by atoms with Crippen LogP contribution in [0.3, 0.4) is 0 Å². The SMILES string of the molecule is C=S(=O)(Nc1ccnc2cc(C)nn12)c1ccc(C(C)=O)cc1. The van der Waals surface area contributed by atoms with Crippen LogP contribution in [0.15, 0.2) is 47.5 Å². The molecule has 0 spiro atoms. The standard InChI is InChI=1S/C16H16N4O2S/c1-11-10-16-17-9-8-15(20(16)18-11)19-23(3,22)14-6-4-13(5-7-14)12(2)21/h4-10H,3H2,1-2H3,(H,19,22). The molecule has 1 unspecified atom stereocenters. The third-order valence-electron chi connectivity index (χ3n) is 3.39. The predicted octanol–water partition coefficient (Wildman–Crippen LogP) is 2.34. The van der Waals surface area contributed by atoms with Crippen LogP contribution >= 0.6 is 0 Å². The first-order chi connectivity index (χ1) is 10.9. The Bertz CT molecular complexity index is 989. The third kappa shape index (κ3) is 2.95. The lowest BCUT2D eigenvalue weighted by molar-refractivity contribution is 0.101. The van der Waals surface area contributed by atoms with Crippen molar-refractivity contribution in [3.8, 4) is 0 Å². The van der Waals surface area contributed by atoms with Gasteiger partial charge in [0.25, 0.3) is 0 Å². The van der Waals surface area contributed by atoms with Crippen LogP contribution in [-0.4, -0.2) is 30.5 Å². The first kappa shape index (κ1) is 15.2. The van der Waals surface area contributed by atoms with Crippen molar-refractivity contribution in [1.29, 1.82) is 0 Å². The summed E-state index contributed by atoms with van der Waals surface area (Å²) in [5.74, 6) is 4.30. The quantitative estimate of drug-likeness (QED) is 0.589. The number of hydrogen-bond acceptors (Lipinski definition) is 4. The molecule has 0 saturated heterocycles. The first-order valence-corrected chi connectivity index (χ1v) is 8.67. The summed E-state index contributed by atoms with van der Waals surface area (Å²) < 4.78 is 17.4. The summed E-state index contributed by atoms with van der Waals surface area (Å²) >= 11 is 0. The molecule has 2 aromatic heterocycles. The van der Waals surface area contributed by atoms with E-state index in [9.17, 15) is 9.00 Å². The summed E-state index contributed by atoms with van der Waals surface area (Å²) in [6, 6.07) is 10.1. The van der Waals surface area contributed by atoms with E-state index in [1.165, 1.54) is 6.92 Å². The lowest BCUT2D eigenvalue weighted by atomic mass is 10.2. The van der Waals surface area contributed by atoms with Crippen molar-refractivity contribution in [2.75, 3.05) is 4.72 Å². The van der Waals surface area contributed by atoms with Crippen LogP contribution in [0.25, 0.3) is 5.65 Å². The molecule has 0 saturated carbocycles. The number of benzene rings is 1. The number of aryl methyl sites for hydroxylation is 1.